The first-order valence-corrected chi connectivity index (χ1v) is 7.23. The van der Waals surface area contributed by atoms with Gasteiger partial charge in [0.1, 0.15) is 11.9 Å². The highest BCUT2D eigenvalue weighted by Gasteiger charge is 2.54. The molecule has 0 spiro atoms. The first kappa shape index (κ1) is 15.8. The minimum absolute atomic E-state index is 0.0776. The molecule has 1 aromatic rings. The molecular weight excluding hydrogens is 275 g/mol. The van der Waals surface area contributed by atoms with Gasteiger partial charge in [-0.3, -0.25) is 4.57 Å². The van der Waals surface area contributed by atoms with E-state index >= 15 is 0 Å². The SMILES string of the molecule is CCOP(=O)(OCC)C(F)(C#N)c1ccc(F)cc1. The molecule has 0 bridgehead atoms. The summed E-state index contributed by atoms with van der Waals surface area (Å²) in [6, 6.07) is 5.36. The van der Waals surface area contributed by atoms with Crippen LogP contribution in [0.3, 0.4) is 0 Å². The lowest BCUT2D eigenvalue weighted by molar-refractivity contribution is 0.168. The van der Waals surface area contributed by atoms with E-state index in [0.717, 1.165) is 24.3 Å². The summed E-state index contributed by atoms with van der Waals surface area (Å²) in [6.45, 7) is 2.86. The molecule has 0 heterocycles. The maximum absolute atomic E-state index is 14.8. The van der Waals surface area contributed by atoms with Crippen LogP contribution in [0, 0.1) is 17.1 Å². The van der Waals surface area contributed by atoms with Crippen molar-refractivity contribution in [1.82, 2.24) is 0 Å². The maximum Gasteiger partial charge on any atom is 0.386 e. The zero-order valence-electron chi connectivity index (χ0n) is 10.6. The van der Waals surface area contributed by atoms with Gasteiger partial charge in [0, 0.05) is 5.56 Å². The minimum atomic E-state index is -4.33. The van der Waals surface area contributed by atoms with E-state index in [1.807, 2.05) is 0 Å². The molecule has 0 aliphatic carbocycles. The Labute approximate surface area is 110 Å². The molecule has 0 N–H and O–H groups in total. The fourth-order valence-corrected chi connectivity index (χ4v) is 3.21. The summed E-state index contributed by atoms with van der Waals surface area (Å²) >= 11 is 0. The standard InChI is InChI=1S/C12H14F2NO3P/c1-3-17-19(16,18-4-2)12(14,9-15)10-5-7-11(13)8-6-10/h5-8H,3-4H2,1-2H3. The van der Waals surface area contributed by atoms with Crippen molar-refractivity contribution in [3.63, 3.8) is 0 Å². The molecule has 0 saturated heterocycles. The van der Waals surface area contributed by atoms with Crippen LogP contribution in [0.4, 0.5) is 8.78 Å². The van der Waals surface area contributed by atoms with Crippen LogP contribution < -0.4 is 0 Å². The van der Waals surface area contributed by atoms with Gasteiger partial charge in [0.05, 0.1) is 13.2 Å². The Hall–Kier alpha value is -1.28. The molecule has 1 atom stereocenters. The van der Waals surface area contributed by atoms with Gasteiger partial charge in [0.15, 0.2) is 0 Å². The first-order valence-electron chi connectivity index (χ1n) is 5.69. The number of benzene rings is 1. The molecule has 1 rings (SSSR count). The van der Waals surface area contributed by atoms with Gasteiger partial charge in [-0.1, -0.05) is 12.1 Å². The highest BCUT2D eigenvalue weighted by Crippen LogP contribution is 2.65. The van der Waals surface area contributed by atoms with Crippen molar-refractivity contribution in [1.29, 1.82) is 5.26 Å². The zero-order chi connectivity index (χ0) is 14.5. The van der Waals surface area contributed by atoms with E-state index in [9.17, 15) is 13.3 Å². The summed E-state index contributed by atoms with van der Waals surface area (Å²) in [6.07, 6.45) is 0. The number of nitrogens with zero attached hydrogens (tertiary/aromatic N) is 1. The second-order valence-electron chi connectivity index (χ2n) is 3.57. The molecule has 104 valence electrons. The number of nitriles is 1. The van der Waals surface area contributed by atoms with Crippen LogP contribution in [0.15, 0.2) is 24.3 Å². The Morgan fingerprint density at radius 2 is 1.74 bits per heavy atom. The number of hydrogen-bond acceptors (Lipinski definition) is 4. The van der Waals surface area contributed by atoms with Crippen LogP contribution in [0.5, 0.6) is 0 Å². The van der Waals surface area contributed by atoms with E-state index < -0.39 is 18.8 Å². The number of alkyl halides is 1. The zero-order valence-corrected chi connectivity index (χ0v) is 11.5. The molecule has 0 aliphatic heterocycles. The summed E-state index contributed by atoms with van der Waals surface area (Å²) in [4.78, 5) is 0. The number of rotatable bonds is 6. The number of hydrogen-bond donors (Lipinski definition) is 0. The van der Waals surface area contributed by atoms with E-state index in [0.29, 0.717) is 0 Å². The molecule has 7 heteroatoms. The van der Waals surface area contributed by atoms with Crippen molar-refractivity contribution < 1.29 is 22.4 Å². The van der Waals surface area contributed by atoms with E-state index in [4.69, 9.17) is 14.3 Å². The lowest BCUT2D eigenvalue weighted by atomic mass is 10.1. The Bertz CT molecular complexity index is 505. The molecule has 0 fully saturated rings. The third kappa shape index (κ3) is 3.01. The molecule has 0 radical (unpaired) electrons. The van der Waals surface area contributed by atoms with Crippen molar-refractivity contribution in [2.45, 2.75) is 19.3 Å². The normalized spacial score (nSPS) is 14.7. The Morgan fingerprint density at radius 1 is 1.26 bits per heavy atom. The Kier molecular flexibility index (Phi) is 5.19. The molecule has 0 amide bonds. The van der Waals surface area contributed by atoms with Crippen LogP contribution >= 0.6 is 7.60 Å². The Morgan fingerprint density at radius 3 is 2.11 bits per heavy atom. The van der Waals surface area contributed by atoms with Crippen molar-refractivity contribution in [2.24, 2.45) is 0 Å². The van der Waals surface area contributed by atoms with Gasteiger partial charge < -0.3 is 9.05 Å². The second kappa shape index (κ2) is 6.25. The quantitative estimate of drug-likeness (QED) is 0.748. The van der Waals surface area contributed by atoms with Crippen LogP contribution in [-0.2, 0) is 19.0 Å². The molecule has 0 aromatic heterocycles. The molecule has 4 nitrogen and oxygen atoms in total. The molecule has 19 heavy (non-hydrogen) atoms. The predicted octanol–water partition coefficient (Wildman–Crippen LogP) is 3.74. The van der Waals surface area contributed by atoms with Gasteiger partial charge in [-0.25, -0.2) is 8.78 Å². The van der Waals surface area contributed by atoms with E-state index in [-0.39, 0.29) is 18.8 Å². The molecule has 1 unspecified atom stereocenters. The summed E-state index contributed by atoms with van der Waals surface area (Å²) < 4.78 is 49.8. The molecular formula is C12H14F2NO3P. The third-order valence-electron chi connectivity index (χ3n) is 2.35. The van der Waals surface area contributed by atoms with Gasteiger partial charge in [0.25, 0.3) is 0 Å². The second-order valence-corrected chi connectivity index (χ2v) is 5.70. The lowest BCUT2D eigenvalue weighted by Gasteiger charge is -2.26. The summed E-state index contributed by atoms with van der Waals surface area (Å²) in [5.74, 6) is -0.591. The van der Waals surface area contributed by atoms with Crippen molar-refractivity contribution in [3.8, 4) is 6.07 Å². The fourth-order valence-electron chi connectivity index (χ4n) is 1.51. The van der Waals surface area contributed by atoms with Crippen LogP contribution in [0.2, 0.25) is 0 Å². The average Bonchev–Trinajstić information content (AvgIpc) is 2.39. The summed E-state index contributed by atoms with van der Waals surface area (Å²) in [5.41, 5.74) is -0.262. The van der Waals surface area contributed by atoms with E-state index in [1.54, 1.807) is 0 Å². The lowest BCUT2D eigenvalue weighted by Crippen LogP contribution is -2.21. The smallest absolute Gasteiger partial charge is 0.306 e. The van der Waals surface area contributed by atoms with Gasteiger partial charge >= 0.3 is 13.0 Å². The first-order chi connectivity index (χ1) is 8.93. The molecule has 1 aromatic carbocycles. The topological polar surface area (TPSA) is 59.3 Å². The predicted molar refractivity (Wildman–Crippen MR) is 65.7 cm³/mol. The van der Waals surface area contributed by atoms with Crippen LogP contribution in [-0.4, -0.2) is 13.2 Å². The van der Waals surface area contributed by atoms with Crippen molar-refractivity contribution in [2.75, 3.05) is 13.2 Å². The minimum Gasteiger partial charge on any atom is -0.306 e. The fraction of sp³-hybridized carbons (Fsp3) is 0.417. The van der Waals surface area contributed by atoms with E-state index in [1.165, 1.54) is 19.9 Å². The van der Waals surface area contributed by atoms with Crippen molar-refractivity contribution in [3.05, 3.63) is 35.6 Å². The maximum atomic E-state index is 14.8. The van der Waals surface area contributed by atoms with Crippen LogP contribution in [0.1, 0.15) is 19.4 Å². The Balaban J connectivity index is 3.32. The average molecular weight is 289 g/mol. The highest BCUT2D eigenvalue weighted by molar-refractivity contribution is 7.55. The van der Waals surface area contributed by atoms with Gasteiger partial charge in [-0.2, -0.15) is 5.26 Å². The third-order valence-corrected chi connectivity index (χ3v) is 4.66. The summed E-state index contributed by atoms with van der Waals surface area (Å²) in [7, 11) is -4.33. The van der Waals surface area contributed by atoms with Gasteiger partial charge in [-0.05, 0) is 26.0 Å². The van der Waals surface area contributed by atoms with Gasteiger partial charge in [0.2, 0.25) is 0 Å². The molecule has 0 aliphatic rings. The largest absolute Gasteiger partial charge is 0.386 e. The van der Waals surface area contributed by atoms with Gasteiger partial charge in [-0.15, -0.1) is 0 Å². The van der Waals surface area contributed by atoms with Crippen LogP contribution in [0.25, 0.3) is 0 Å². The van der Waals surface area contributed by atoms with E-state index in [2.05, 4.69) is 0 Å². The molecule has 0 saturated carbocycles. The summed E-state index contributed by atoms with van der Waals surface area (Å²) in [5, 5.41) is 6.08. The monoisotopic (exact) mass is 289 g/mol. The highest BCUT2D eigenvalue weighted by atomic mass is 31.2. The number of halogens is 2. The van der Waals surface area contributed by atoms with Crippen molar-refractivity contribution >= 4 is 7.60 Å².